The topological polar surface area (TPSA) is 109 Å². The molecule has 23 heavy (non-hydrogen) atoms. The molecule has 0 spiro atoms. The van der Waals surface area contributed by atoms with Gasteiger partial charge in [-0.3, -0.25) is 4.79 Å². The van der Waals surface area contributed by atoms with Gasteiger partial charge in [0.15, 0.2) is 0 Å². The number of carbonyl (C=O) groups excluding carboxylic acids is 3. The number of amides is 4. The maximum atomic E-state index is 12.1. The zero-order chi connectivity index (χ0) is 16.8. The van der Waals surface area contributed by atoms with Crippen LogP contribution in [-0.2, 0) is 9.53 Å². The Bertz CT molecular complexity index is 589. The van der Waals surface area contributed by atoms with E-state index in [9.17, 15) is 14.4 Å². The van der Waals surface area contributed by atoms with Crippen molar-refractivity contribution in [3.63, 3.8) is 0 Å². The minimum Gasteiger partial charge on any atom is -0.497 e. The van der Waals surface area contributed by atoms with Gasteiger partial charge in [0.1, 0.15) is 5.75 Å². The maximum Gasteiger partial charge on any atom is 0.425 e. The maximum absolute atomic E-state index is 12.1. The summed E-state index contributed by atoms with van der Waals surface area (Å²) in [6, 6.07) is 6.09. The first-order valence-electron chi connectivity index (χ1n) is 6.88. The molecular weight excluding hydrogens is 304 g/mol. The van der Waals surface area contributed by atoms with Crippen molar-refractivity contribution < 1.29 is 23.9 Å². The van der Waals surface area contributed by atoms with Gasteiger partial charge in [-0.15, -0.1) is 0 Å². The summed E-state index contributed by atoms with van der Waals surface area (Å²) in [4.78, 5) is 36.1. The molecule has 0 radical (unpaired) electrons. The molecule has 1 fully saturated rings. The quantitative estimate of drug-likeness (QED) is 0.697. The van der Waals surface area contributed by atoms with Crippen molar-refractivity contribution in [1.29, 1.82) is 0 Å². The number of hydrazine groups is 1. The van der Waals surface area contributed by atoms with E-state index >= 15 is 0 Å². The van der Waals surface area contributed by atoms with Gasteiger partial charge in [0.25, 0.3) is 0 Å². The normalized spacial score (nSPS) is 16.7. The average molecular weight is 322 g/mol. The molecule has 0 aromatic heterocycles. The molecule has 0 unspecified atom stereocenters. The van der Waals surface area contributed by atoms with E-state index in [0.29, 0.717) is 12.3 Å². The number of methoxy groups -OCH3 is 2. The summed E-state index contributed by atoms with van der Waals surface area (Å²) in [6.45, 7) is 0.344. The summed E-state index contributed by atoms with van der Waals surface area (Å²) in [6.07, 6.45) is -0.611. The third-order valence-electron chi connectivity index (χ3n) is 3.31. The second-order valence-corrected chi connectivity index (χ2v) is 4.82. The molecule has 1 aromatic carbocycles. The van der Waals surface area contributed by atoms with Crippen LogP contribution in [0.4, 0.5) is 15.3 Å². The number of anilines is 1. The van der Waals surface area contributed by atoms with Crippen LogP contribution in [0.5, 0.6) is 5.75 Å². The standard InChI is InChI=1S/C14H18N4O5/c1-22-11-5-3-10(4-6-11)18-8-9(7-12(18)19)15-13(20)16-17-14(21)23-2/h3-6,9H,7-8H2,1-2H3,(H,17,21)(H2,15,16,20)/t9-/m1/s1. The highest BCUT2D eigenvalue weighted by Crippen LogP contribution is 2.24. The summed E-state index contributed by atoms with van der Waals surface area (Å²) in [5, 5.41) is 2.60. The van der Waals surface area contributed by atoms with E-state index in [2.05, 4.69) is 15.5 Å². The molecule has 4 amide bonds. The zero-order valence-corrected chi connectivity index (χ0v) is 12.8. The Hall–Kier alpha value is -2.97. The van der Waals surface area contributed by atoms with Gasteiger partial charge in [-0.2, -0.15) is 0 Å². The van der Waals surface area contributed by atoms with Gasteiger partial charge in [0.05, 0.1) is 20.3 Å². The van der Waals surface area contributed by atoms with E-state index in [0.717, 1.165) is 5.69 Å². The SMILES string of the molecule is COC(=O)NNC(=O)N[C@@H]1CC(=O)N(c2ccc(OC)cc2)C1. The Morgan fingerprint density at radius 3 is 2.48 bits per heavy atom. The lowest BCUT2D eigenvalue weighted by Crippen LogP contribution is -2.50. The first kappa shape index (κ1) is 16.4. The van der Waals surface area contributed by atoms with E-state index in [-0.39, 0.29) is 18.4 Å². The molecule has 9 heteroatoms. The smallest absolute Gasteiger partial charge is 0.425 e. The average Bonchev–Trinajstić information content (AvgIpc) is 2.92. The molecular formula is C14H18N4O5. The summed E-state index contributed by atoms with van der Waals surface area (Å²) >= 11 is 0. The molecule has 0 saturated carbocycles. The highest BCUT2D eigenvalue weighted by molar-refractivity contribution is 5.96. The van der Waals surface area contributed by atoms with Crippen molar-refractivity contribution in [2.45, 2.75) is 12.5 Å². The predicted molar refractivity (Wildman–Crippen MR) is 81.0 cm³/mol. The minimum absolute atomic E-state index is 0.0959. The number of nitrogens with zero attached hydrogens (tertiary/aromatic N) is 1. The molecule has 1 saturated heterocycles. The van der Waals surface area contributed by atoms with Crippen molar-refractivity contribution in [2.24, 2.45) is 0 Å². The first-order valence-corrected chi connectivity index (χ1v) is 6.88. The van der Waals surface area contributed by atoms with Gasteiger partial charge in [-0.05, 0) is 24.3 Å². The molecule has 1 aromatic rings. The van der Waals surface area contributed by atoms with E-state index < -0.39 is 12.1 Å². The minimum atomic E-state index is -0.789. The lowest BCUT2D eigenvalue weighted by Gasteiger charge is -2.17. The number of hydrogen-bond donors (Lipinski definition) is 3. The van der Waals surface area contributed by atoms with Crippen LogP contribution in [0.15, 0.2) is 24.3 Å². The highest BCUT2D eigenvalue weighted by atomic mass is 16.5. The Morgan fingerprint density at radius 1 is 1.17 bits per heavy atom. The predicted octanol–water partition coefficient (Wildman–Crippen LogP) is 0.371. The van der Waals surface area contributed by atoms with Gasteiger partial charge in [-0.1, -0.05) is 0 Å². The van der Waals surface area contributed by atoms with Crippen LogP contribution >= 0.6 is 0 Å². The first-order chi connectivity index (χ1) is 11.0. The second kappa shape index (κ2) is 7.34. The molecule has 1 heterocycles. The third-order valence-corrected chi connectivity index (χ3v) is 3.31. The van der Waals surface area contributed by atoms with Crippen LogP contribution in [0, 0.1) is 0 Å². The van der Waals surface area contributed by atoms with Crippen molar-refractivity contribution in [3.8, 4) is 5.75 Å². The summed E-state index contributed by atoms with van der Waals surface area (Å²) in [5.41, 5.74) is 4.89. The van der Waals surface area contributed by atoms with Crippen molar-refractivity contribution in [2.75, 3.05) is 25.7 Å². The fourth-order valence-electron chi connectivity index (χ4n) is 2.20. The van der Waals surface area contributed by atoms with Gasteiger partial charge in [0.2, 0.25) is 5.91 Å². The van der Waals surface area contributed by atoms with E-state index in [1.807, 2.05) is 5.43 Å². The summed E-state index contributed by atoms with van der Waals surface area (Å²) < 4.78 is 9.39. The van der Waals surface area contributed by atoms with Gasteiger partial charge in [0, 0.05) is 18.7 Å². The number of nitrogens with one attached hydrogen (secondary N) is 3. The Kier molecular flexibility index (Phi) is 5.23. The number of rotatable bonds is 3. The molecule has 9 nitrogen and oxygen atoms in total. The lowest BCUT2D eigenvalue weighted by molar-refractivity contribution is -0.117. The largest absolute Gasteiger partial charge is 0.497 e. The third kappa shape index (κ3) is 4.25. The summed E-state index contributed by atoms with van der Waals surface area (Å²) in [5.74, 6) is 0.602. The van der Waals surface area contributed by atoms with Crippen LogP contribution in [0.25, 0.3) is 0 Å². The number of hydrogen-bond acceptors (Lipinski definition) is 5. The number of benzene rings is 1. The molecule has 0 bridgehead atoms. The van der Waals surface area contributed by atoms with Crippen LogP contribution < -0.4 is 25.8 Å². The van der Waals surface area contributed by atoms with Crippen LogP contribution in [0.2, 0.25) is 0 Å². The van der Waals surface area contributed by atoms with Crippen molar-refractivity contribution >= 4 is 23.7 Å². The van der Waals surface area contributed by atoms with Gasteiger partial charge in [-0.25, -0.2) is 20.4 Å². The molecule has 1 atom stereocenters. The summed E-state index contributed by atoms with van der Waals surface area (Å²) in [7, 11) is 2.74. The molecule has 2 rings (SSSR count). The molecule has 1 aliphatic heterocycles. The molecule has 1 aliphatic rings. The van der Waals surface area contributed by atoms with Crippen molar-refractivity contribution in [1.82, 2.24) is 16.2 Å². The van der Waals surface area contributed by atoms with Gasteiger partial charge < -0.3 is 19.7 Å². The highest BCUT2D eigenvalue weighted by Gasteiger charge is 2.31. The molecule has 0 aliphatic carbocycles. The monoisotopic (exact) mass is 322 g/mol. The Balaban J connectivity index is 1.89. The van der Waals surface area contributed by atoms with Crippen LogP contribution in [0.3, 0.4) is 0 Å². The van der Waals surface area contributed by atoms with Crippen LogP contribution in [0.1, 0.15) is 6.42 Å². The van der Waals surface area contributed by atoms with E-state index in [4.69, 9.17) is 4.74 Å². The number of urea groups is 1. The van der Waals surface area contributed by atoms with Crippen LogP contribution in [-0.4, -0.2) is 44.8 Å². The number of ether oxygens (including phenoxy) is 2. The van der Waals surface area contributed by atoms with Crippen molar-refractivity contribution in [3.05, 3.63) is 24.3 Å². The Morgan fingerprint density at radius 2 is 1.87 bits per heavy atom. The number of carbonyl (C=O) groups is 3. The molecule has 3 N–H and O–H groups in total. The fourth-order valence-corrected chi connectivity index (χ4v) is 2.20. The Labute approximate surface area is 132 Å². The zero-order valence-electron chi connectivity index (χ0n) is 12.8. The van der Waals surface area contributed by atoms with E-state index in [1.54, 1.807) is 36.3 Å². The van der Waals surface area contributed by atoms with Gasteiger partial charge >= 0.3 is 12.1 Å². The molecule has 124 valence electrons. The fraction of sp³-hybridized carbons (Fsp3) is 0.357. The second-order valence-electron chi connectivity index (χ2n) is 4.82. The van der Waals surface area contributed by atoms with E-state index in [1.165, 1.54) is 7.11 Å². The lowest BCUT2D eigenvalue weighted by atomic mass is 10.2.